The Labute approximate surface area is 206 Å². The van der Waals surface area contributed by atoms with Gasteiger partial charge in [-0.1, -0.05) is 18.2 Å². The number of aromatic hydroxyl groups is 1. The molecule has 0 saturated carbocycles. The normalized spacial score (nSPS) is 14.8. The summed E-state index contributed by atoms with van der Waals surface area (Å²) in [6.45, 7) is 2.40. The Kier molecular flexibility index (Phi) is 6.10. The number of hydrogen-bond donors (Lipinski definition) is 1. The topological polar surface area (TPSA) is 89.2 Å². The molecule has 1 aliphatic heterocycles. The molecule has 36 heavy (non-hydrogen) atoms. The van der Waals surface area contributed by atoms with E-state index in [2.05, 4.69) is 0 Å². The molecule has 0 spiro atoms. The molecule has 0 aliphatic carbocycles. The molecule has 0 bridgehead atoms. The van der Waals surface area contributed by atoms with Gasteiger partial charge in [0.25, 0.3) is 5.91 Å². The van der Waals surface area contributed by atoms with Crippen LogP contribution in [0, 0.1) is 5.82 Å². The maximum atomic E-state index is 14.0. The fraction of sp³-hybridized carbons (Fsp3) is 0.214. The molecular weight excluding hydrogens is 465 g/mol. The molecule has 0 unspecified atom stereocenters. The number of halogens is 1. The van der Waals surface area contributed by atoms with Gasteiger partial charge in [0.15, 0.2) is 16.9 Å². The van der Waals surface area contributed by atoms with Crippen LogP contribution in [0.25, 0.3) is 11.0 Å². The number of phenols is 1. The van der Waals surface area contributed by atoms with Gasteiger partial charge in [-0.15, -0.1) is 0 Å². The predicted octanol–water partition coefficient (Wildman–Crippen LogP) is 4.83. The second kappa shape index (κ2) is 9.37. The van der Waals surface area contributed by atoms with E-state index in [9.17, 15) is 19.1 Å². The van der Waals surface area contributed by atoms with Crippen LogP contribution in [0.15, 0.2) is 69.9 Å². The molecule has 0 fully saturated rings. The number of amides is 1. The van der Waals surface area contributed by atoms with Crippen molar-refractivity contribution >= 4 is 16.9 Å². The van der Waals surface area contributed by atoms with Crippen molar-refractivity contribution in [2.75, 3.05) is 20.3 Å². The van der Waals surface area contributed by atoms with Gasteiger partial charge in [0, 0.05) is 6.54 Å². The highest BCUT2D eigenvalue weighted by Gasteiger charge is 2.42. The monoisotopic (exact) mass is 489 g/mol. The number of fused-ring (bicyclic) bond motifs is 2. The van der Waals surface area contributed by atoms with Crippen LogP contribution < -0.4 is 14.9 Å². The minimum absolute atomic E-state index is 0.0532. The van der Waals surface area contributed by atoms with Gasteiger partial charge in [-0.2, -0.15) is 0 Å². The van der Waals surface area contributed by atoms with Gasteiger partial charge in [-0.25, -0.2) is 4.39 Å². The second-order valence-corrected chi connectivity index (χ2v) is 8.47. The first-order valence-electron chi connectivity index (χ1n) is 11.6. The molecule has 3 aromatic carbocycles. The van der Waals surface area contributed by atoms with E-state index in [0.717, 1.165) is 17.4 Å². The van der Waals surface area contributed by atoms with E-state index in [1.807, 2.05) is 24.3 Å². The molecular formula is C28H24FNO6. The minimum atomic E-state index is -0.797. The number of benzene rings is 3. The zero-order chi connectivity index (χ0) is 25.4. The first-order valence-corrected chi connectivity index (χ1v) is 11.6. The highest BCUT2D eigenvalue weighted by Crippen LogP contribution is 2.41. The van der Waals surface area contributed by atoms with Crippen LogP contribution in [0.3, 0.4) is 0 Å². The number of rotatable bonds is 7. The zero-order valence-corrected chi connectivity index (χ0v) is 19.8. The first-order chi connectivity index (χ1) is 17.4. The number of nitrogens with zero attached hydrogens (tertiary/aromatic N) is 1. The lowest BCUT2D eigenvalue weighted by Gasteiger charge is -2.25. The second-order valence-electron chi connectivity index (χ2n) is 8.47. The summed E-state index contributed by atoms with van der Waals surface area (Å²) in [6.07, 6.45) is 0.513. The maximum absolute atomic E-state index is 14.0. The zero-order valence-electron chi connectivity index (χ0n) is 19.8. The van der Waals surface area contributed by atoms with Crippen molar-refractivity contribution in [3.8, 4) is 17.2 Å². The lowest BCUT2D eigenvalue weighted by molar-refractivity contribution is 0.0730. The Morgan fingerprint density at radius 3 is 2.56 bits per heavy atom. The van der Waals surface area contributed by atoms with Crippen LogP contribution in [0.4, 0.5) is 4.39 Å². The summed E-state index contributed by atoms with van der Waals surface area (Å²) >= 11 is 0. The Balaban J connectivity index is 1.62. The van der Waals surface area contributed by atoms with E-state index in [1.165, 1.54) is 18.2 Å². The van der Waals surface area contributed by atoms with Gasteiger partial charge in [0.1, 0.15) is 17.1 Å². The highest BCUT2D eigenvalue weighted by molar-refractivity contribution is 5.99. The lowest BCUT2D eigenvalue weighted by atomic mass is 9.97. The molecule has 0 saturated heterocycles. The summed E-state index contributed by atoms with van der Waals surface area (Å²) in [5.41, 5.74) is 1.36. The van der Waals surface area contributed by atoms with Crippen molar-refractivity contribution in [3.63, 3.8) is 0 Å². The van der Waals surface area contributed by atoms with Crippen LogP contribution in [-0.4, -0.2) is 36.2 Å². The van der Waals surface area contributed by atoms with Crippen molar-refractivity contribution < 1.29 is 28.2 Å². The molecule has 7 nitrogen and oxygen atoms in total. The summed E-state index contributed by atoms with van der Waals surface area (Å²) in [5.74, 6) is -0.162. The van der Waals surface area contributed by atoms with E-state index in [1.54, 1.807) is 31.1 Å². The van der Waals surface area contributed by atoms with E-state index in [0.29, 0.717) is 18.6 Å². The third-order valence-corrected chi connectivity index (χ3v) is 6.33. The third kappa shape index (κ3) is 4.04. The van der Waals surface area contributed by atoms with E-state index in [4.69, 9.17) is 13.9 Å². The maximum Gasteiger partial charge on any atom is 0.290 e. The van der Waals surface area contributed by atoms with Crippen molar-refractivity contribution in [1.29, 1.82) is 0 Å². The third-order valence-electron chi connectivity index (χ3n) is 6.33. The van der Waals surface area contributed by atoms with Crippen LogP contribution in [0.2, 0.25) is 0 Å². The standard InChI is InChI=1S/C28H24FNO6/c1-3-35-23-14-17(6-10-21(23)31)25-24-26(32)20-15-18(29)7-11-22(20)36-27(24)28(33)30(25)13-12-16-4-8-19(34-2)9-5-16/h4-11,14-15,25,31H,3,12-13H2,1-2H3/t25-/m0/s1. The predicted molar refractivity (Wildman–Crippen MR) is 131 cm³/mol. The summed E-state index contributed by atoms with van der Waals surface area (Å²) in [7, 11) is 1.59. The van der Waals surface area contributed by atoms with E-state index >= 15 is 0 Å². The Morgan fingerprint density at radius 2 is 1.83 bits per heavy atom. The smallest absolute Gasteiger partial charge is 0.290 e. The van der Waals surface area contributed by atoms with Crippen molar-refractivity contribution in [2.24, 2.45) is 0 Å². The largest absolute Gasteiger partial charge is 0.504 e. The van der Waals surface area contributed by atoms with Crippen LogP contribution in [0.1, 0.15) is 40.2 Å². The number of phenolic OH excluding ortho intramolecular Hbond substituents is 1. The average molecular weight is 489 g/mol. The molecule has 0 radical (unpaired) electrons. The SMILES string of the molecule is CCOc1cc([C@H]2c3c(oc4ccc(F)cc4c3=O)C(=O)N2CCc2ccc(OC)cc2)ccc1O. The summed E-state index contributed by atoms with van der Waals surface area (Å²) in [6, 6.07) is 15.1. The fourth-order valence-corrected chi connectivity index (χ4v) is 4.58. The summed E-state index contributed by atoms with van der Waals surface area (Å²) in [5, 5.41) is 10.3. The quantitative estimate of drug-likeness (QED) is 0.400. The number of carbonyl (C=O) groups excluding carboxylic acids is 1. The molecule has 1 amide bonds. The van der Waals surface area contributed by atoms with Crippen molar-refractivity contribution in [1.82, 2.24) is 4.90 Å². The fourth-order valence-electron chi connectivity index (χ4n) is 4.58. The van der Waals surface area contributed by atoms with Gasteiger partial charge in [-0.05, 0) is 66.9 Å². The van der Waals surface area contributed by atoms with E-state index < -0.39 is 23.2 Å². The van der Waals surface area contributed by atoms with Gasteiger partial charge in [0.2, 0.25) is 5.76 Å². The van der Waals surface area contributed by atoms with Gasteiger partial charge < -0.3 is 23.9 Å². The van der Waals surface area contributed by atoms with Gasteiger partial charge in [0.05, 0.1) is 30.7 Å². The number of methoxy groups -OCH3 is 1. The Morgan fingerprint density at radius 1 is 1.06 bits per heavy atom. The van der Waals surface area contributed by atoms with E-state index in [-0.39, 0.29) is 40.3 Å². The molecule has 1 aromatic heterocycles. The van der Waals surface area contributed by atoms with Gasteiger partial charge >= 0.3 is 0 Å². The van der Waals surface area contributed by atoms with Crippen LogP contribution in [-0.2, 0) is 6.42 Å². The summed E-state index contributed by atoms with van der Waals surface area (Å²) < 4.78 is 30.6. The molecule has 8 heteroatoms. The van der Waals surface area contributed by atoms with Crippen molar-refractivity contribution in [3.05, 3.63) is 99.2 Å². The molecule has 1 N–H and O–H groups in total. The molecule has 5 rings (SSSR count). The highest BCUT2D eigenvalue weighted by atomic mass is 19.1. The minimum Gasteiger partial charge on any atom is -0.504 e. The van der Waals surface area contributed by atoms with Crippen LogP contribution >= 0.6 is 0 Å². The molecule has 4 aromatic rings. The first kappa shape index (κ1) is 23.4. The number of ether oxygens (including phenoxy) is 2. The summed E-state index contributed by atoms with van der Waals surface area (Å²) in [4.78, 5) is 28.7. The molecule has 1 atom stereocenters. The average Bonchev–Trinajstić information content (AvgIpc) is 3.16. The van der Waals surface area contributed by atoms with Gasteiger partial charge in [-0.3, -0.25) is 9.59 Å². The number of hydrogen-bond acceptors (Lipinski definition) is 6. The Hall–Kier alpha value is -4.33. The number of carbonyl (C=O) groups is 1. The Bertz CT molecular complexity index is 1510. The van der Waals surface area contributed by atoms with Crippen LogP contribution in [0.5, 0.6) is 17.2 Å². The molecule has 184 valence electrons. The lowest BCUT2D eigenvalue weighted by Crippen LogP contribution is -2.31. The van der Waals surface area contributed by atoms with Crippen molar-refractivity contribution in [2.45, 2.75) is 19.4 Å². The molecule has 2 heterocycles. The molecule has 1 aliphatic rings.